The molecule has 174 valence electrons. The summed E-state index contributed by atoms with van der Waals surface area (Å²) in [5, 5.41) is 5.42. The van der Waals surface area contributed by atoms with E-state index in [9.17, 15) is 9.59 Å². The van der Waals surface area contributed by atoms with Crippen molar-refractivity contribution in [3.8, 4) is 22.8 Å². The number of hydrogen-bond donors (Lipinski definition) is 1. The standard InChI is InChI=1S/C27H26N2O4S/c1-16-5-6-19-14-20(8-7-18(19)13-16)23(30)10-12-25(31)28-27-29-26(17(2)34-27)22-15-21(32-3)9-11-24(22)33-4/h5-9,11,13-15H,10,12H2,1-4H3,(H,28,29,31). The average Bonchev–Trinajstić information content (AvgIpc) is 3.21. The summed E-state index contributed by atoms with van der Waals surface area (Å²) in [6.07, 6.45) is 0.214. The fraction of sp³-hybridized carbons (Fsp3) is 0.222. The number of carbonyl (C=O) groups excluding carboxylic acids is 2. The number of amides is 1. The van der Waals surface area contributed by atoms with Gasteiger partial charge in [-0.15, -0.1) is 11.3 Å². The Balaban J connectivity index is 1.42. The molecule has 0 saturated carbocycles. The fourth-order valence-corrected chi connectivity index (χ4v) is 4.63. The van der Waals surface area contributed by atoms with Crippen molar-refractivity contribution in [2.24, 2.45) is 0 Å². The summed E-state index contributed by atoms with van der Waals surface area (Å²) in [5.74, 6) is 1.05. The lowest BCUT2D eigenvalue weighted by atomic mass is 10.0. The second kappa shape index (κ2) is 10.1. The van der Waals surface area contributed by atoms with Crippen molar-refractivity contribution in [1.29, 1.82) is 0 Å². The van der Waals surface area contributed by atoms with Gasteiger partial charge in [-0.25, -0.2) is 4.98 Å². The molecule has 0 bridgehead atoms. The minimum atomic E-state index is -0.248. The van der Waals surface area contributed by atoms with Crippen molar-refractivity contribution in [3.05, 3.63) is 70.6 Å². The fourth-order valence-electron chi connectivity index (χ4n) is 3.79. The molecule has 0 atom stereocenters. The molecule has 1 amide bonds. The van der Waals surface area contributed by atoms with Gasteiger partial charge in [0.05, 0.1) is 19.9 Å². The minimum Gasteiger partial charge on any atom is -0.497 e. The molecule has 0 aliphatic rings. The molecular formula is C27H26N2O4S. The molecule has 1 aromatic heterocycles. The zero-order valence-corrected chi connectivity index (χ0v) is 20.4. The van der Waals surface area contributed by atoms with E-state index >= 15 is 0 Å². The first kappa shape index (κ1) is 23.4. The van der Waals surface area contributed by atoms with Crippen LogP contribution in [0.15, 0.2) is 54.6 Å². The number of anilines is 1. The van der Waals surface area contributed by atoms with E-state index in [0.717, 1.165) is 26.9 Å². The number of Topliss-reactive ketones (excluding diaryl/α,β-unsaturated/α-hetero) is 1. The molecule has 0 aliphatic heterocycles. The van der Waals surface area contributed by atoms with Crippen LogP contribution in [-0.2, 0) is 4.79 Å². The van der Waals surface area contributed by atoms with Crippen molar-refractivity contribution in [1.82, 2.24) is 4.98 Å². The Bertz CT molecular complexity index is 1380. The van der Waals surface area contributed by atoms with Gasteiger partial charge in [0.15, 0.2) is 10.9 Å². The molecule has 7 heteroatoms. The molecule has 4 aromatic rings. The molecule has 0 saturated heterocycles. The van der Waals surface area contributed by atoms with Crippen molar-refractivity contribution in [2.45, 2.75) is 26.7 Å². The highest BCUT2D eigenvalue weighted by Gasteiger charge is 2.17. The zero-order chi connectivity index (χ0) is 24.2. The van der Waals surface area contributed by atoms with E-state index in [2.05, 4.69) is 16.4 Å². The van der Waals surface area contributed by atoms with Crippen LogP contribution >= 0.6 is 11.3 Å². The van der Waals surface area contributed by atoms with Crippen LogP contribution in [-0.4, -0.2) is 30.9 Å². The molecule has 0 fully saturated rings. The summed E-state index contributed by atoms with van der Waals surface area (Å²) in [7, 11) is 3.20. The predicted octanol–water partition coefficient (Wildman–Crippen LogP) is 6.20. The van der Waals surface area contributed by atoms with E-state index in [1.165, 1.54) is 16.9 Å². The Morgan fingerprint density at radius 2 is 1.68 bits per heavy atom. The minimum absolute atomic E-state index is 0.0604. The van der Waals surface area contributed by atoms with Gasteiger partial charge in [0.1, 0.15) is 11.5 Å². The Morgan fingerprint density at radius 1 is 0.912 bits per heavy atom. The lowest BCUT2D eigenvalue weighted by molar-refractivity contribution is -0.116. The van der Waals surface area contributed by atoms with Crippen LogP contribution in [0.2, 0.25) is 0 Å². The number of nitrogens with zero attached hydrogens (tertiary/aromatic N) is 1. The van der Waals surface area contributed by atoms with Gasteiger partial charge in [0, 0.05) is 28.8 Å². The van der Waals surface area contributed by atoms with Gasteiger partial charge in [-0.1, -0.05) is 35.9 Å². The average molecular weight is 475 g/mol. The van der Waals surface area contributed by atoms with Gasteiger partial charge < -0.3 is 14.8 Å². The first-order chi connectivity index (χ1) is 16.4. The summed E-state index contributed by atoms with van der Waals surface area (Å²) in [4.78, 5) is 30.7. The summed E-state index contributed by atoms with van der Waals surface area (Å²) >= 11 is 1.38. The summed E-state index contributed by atoms with van der Waals surface area (Å²) in [6, 6.07) is 17.3. The Hall–Kier alpha value is -3.71. The number of aryl methyl sites for hydroxylation is 2. The van der Waals surface area contributed by atoms with E-state index in [1.54, 1.807) is 14.2 Å². The first-order valence-corrected chi connectivity index (χ1v) is 11.7. The quantitative estimate of drug-likeness (QED) is 0.308. The molecule has 6 nitrogen and oxygen atoms in total. The number of carbonyl (C=O) groups is 2. The number of hydrogen-bond acceptors (Lipinski definition) is 6. The van der Waals surface area contributed by atoms with E-state index in [4.69, 9.17) is 9.47 Å². The summed E-state index contributed by atoms with van der Waals surface area (Å²) < 4.78 is 10.8. The largest absolute Gasteiger partial charge is 0.497 e. The first-order valence-electron chi connectivity index (χ1n) is 10.9. The van der Waals surface area contributed by atoms with Crippen LogP contribution in [0.1, 0.15) is 33.6 Å². The highest BCUT2D eigenvalue weighted by Crippen LogP contribution is 2.38. The SMILES string of the molecule is COc1ccc(OC)c(-c2nc(NC(=O)CCC(=O)c3ccc4cc(C)ccc4c3)sc2C)c1. The van der Waals surface area contributed by atoms with Gasteiger partial charge in [-0.05, 0) is 48.9 Å². The number of aromatic nitrogens is 1. The van der Waals surface area contributed by atoms with E-state index in [-0.39, 0.29) is 24.5 Å². The molecule has 0 unspecified atom stereocenters. The third-order valence-electron chi connectivity index (χ3n) is 5.60. The normalized spacial score (nSPS) is 10.8. The lowest BCUT2D eigenvalue weighted by Crippen LogP contribution is -2.13. The third-order valence-corrected chi connectivity index (χ3v) is 6.49. The number of fused-ring (bicyclic) bond motifs is 1. The van der Waals surface area contributed by atoms with Gasteiger partial charge in [0.2, 0.25) is 5.91 Å². The van der Waals surface area contributed by atoms with E-state index < -0.39 is 0 Å². The maximum absolute atomic E-state index is 12.7. The molecule has 0 aliphatic carbocycles. The zero-order valence-electron chi connectivity index (χ0n) is 19.6. The maximum Gasteiger partial charge on any atom is 0.226 e. The number of benzene rings is 3. The molecule has 0 spiro atoms. The highest BCUT2D eigenvalue weighted by atomic mass is 32.1. The summed E-state index contributed by atoms with van der Waals surface area (Å²) in [6.45, 7) is 3.98. The third kappa shape index (κ3) is 5.10. The lowest BCUT2D eigenvalue weighted by Gasteiger charge is -2.09. The number of methoxy groups -OCH3 is 2. The number of rotatable bonds is 8. The number of nitrogens with one attached hydrogen (secondary N) is 1. The molecule has 1 N–H and O–H groups in total. The number of thiazole rings is 1. The van der Waals surface area contributed by atoms with Crippen LogP contribution in [0.25, 0.3) is 22.0 Å². The highest BCUT2D eigenvalue weighted by molar-refractivity contribution is 7.16. The van der Waals surface area contributed by atoms with Crippen molar-refractivity contribution >= 4 is 38.9 Å². The van der Waals surface area contributed by atoms with Crippen LogP contribution < -0.4 is 14.8 Å². The summed E-state index contributed by atoms with van der Waals surface area (Å²) in [5.41, 5.74) is 3.30. The van der Waals surface area contributed by atoms with E-state index in [1.807, 2.05) is 62.4 Å². The van der Waals surface area contributed by atoms with Crippen molar-refractivity contribution in [2.75, 3.05) is 19.5 Å². The van der Waals surface area contributed by atoms with Crippen molar-refractivity contribution in [3.63, 3.8) is 0 Å². The van der Waals surface area contributed by atoms with Crippen molar-refractivity contribution < 1.29 is 19.1 Å². The molecule has 1 heterocycles. The number of ketones is 1. The molecule has 3 aromatic carbocycles. The van der Waals surface area contributed by atoms with Gasteiger partial charge in [-0.3, -0.25) is 9.59 Å². The van der Waals surface area contributed by atoms with Gasteiger partial charge >= 0.3 is 0 Å². The molecule has 0 radical (unpaired) electrons. The predicted molar refractivity (Wildman–Crippen MR) is 136 cm³/mol. The Labute approximate surface area is 202 Å². The smallest absolute Gasteiger partial charge is 0.226 e. The van der Waals surface area contributed by atoms with Crippen LogP contribution in [0.4, 0.5) is 5.13 Å². The van der Waals surface area contributed by atoms with E-state index in [0.29, 0.717) is 22.2 Å². The molecule has 34 heavy (non-hydrogen) atoms. The maximum atomic E-state index is 12.7. The van der Waals surface area contributed by atoms with Crippen LogP contribution in [0.5, 0.6) is 11.5 Å². The Morgan fingerprint density at radius 3 is 2.44 bits per heavy atom. The molecule has 4 rings (SSSR count). The van der Waals surface area contributed by atoms with Crippen LogP contribution in [0.3, 0.4) is 0 Å². The van der Waals surface area contributed by atoms with Crippen LogP contribution in [0, 0.1) is 13.8 Å². The number of ether oxygens (including phenoxy) is 2. The molecular weight excluding hydrogens is 448 g/mol. The monoisotopic (exact) mass is 474 g/mol. The van der Waals surface area contributed by atoms with Gasteiger partial charge in [0.25, 0.3) is 0 Å². The Kier molecular flexibility index (Phi) is 6.93. The second-order valence-electron chi connectivity index (χ2n) is 8.03. The topological polar surface area (TPSA) is 77.5 Å². The van der Waals surface area contributed by atoms with Gasteiger partial charge in [-0.2, -0.15) is 0 Å². The second-order valence-corrected chi connectivity index (χ2v) is 9.23.